The molecule has 0 aliphatic carbocycles. The van der Waals surface area contributed by atoms with Crippen LogP contribution in [0.3, 0.4) is 0 Å². The molecule has 1 atom stereocenters. The number of amides is 1. The molecule has 6 rings (SSSR count). The fraction of sp³-hybridized carbons (Fsp3) is 0.133. The van der Waals surface area contributed by atoms with E-state index in [0.717, 1.165) is 16.5 Å². The van der Waals surface area contributed by atoms with Gasteiger partial charge in [-0.05, 0) is 49.7 Å². The van der Waals surface area contributed by atoms with Crippen molar-refractivity contribution < 1.29 is 22.9 Å². The van der Waals surface area contributed by atoms with Crippen molar-refractivity contribution in [3.8, 4) is 0 Å². The lowest BCUT2D eigenvalue weighted by Gasteiger charge is -2.20. The number of rotatable bonds is 4. The van der Waals surface area contributed by atoms with Crippen molar-refractivity contribution in [2.45, 2.75) is 30.8 Å². The van der Waals surface area contributed by atoms with Gasteiger partial charge in [0.1, 0.15) is 0 Å². The van der Waals surface area contributed by atoms with Crippen LogP contribution in [0, 0.1) is 6.92 Å². The van der Waals surface area contributed by atoms with Gasteiger partial charge in [-0.25, -0.2) is 5.10 Å². The first kappa shape index (κ1) is 27.8. The van der Waals surface area contributed by atoms with Gasteiger partial charge in [0.2, 0.25) is 0 Å². The van der Waals surface area contributed by atoms with Crippen molar-refractivity contribution in [2.24, 2.45) is 0 Å². The van der Waals surface area contributed by atoms with E-state index in [9.17, 15) is 23.1 Å². The van der Waals surface area contributed by atoms with E-state index in [1.165, 1.54) is 24.0 Å². The minimum absolute atomic E-state index is 0.0666. The zero-order chi connectivity index (χ0) is 29.4. The highest BCUT2D eigenvalue weighted by Crippen LogP contribution is 2.43. The molecule has 1 aliphatic heterocycles. The van der Waals surface area contributed by atoms with Crippen LogP contribution >= 0.6 is 0 Å². The Morgan fingerprint density at radius 3 is 2.29 bits per heavy atom. The number of pyridine rings is 1. The standard InChI is InChI=1S/C23H18N4O3.C7H8O3S/c1-23(30)18-8-4-5-9-20(18)27(22(23)29)15-10-14(12-24-13-15)11-19-16-6-2-3-7-17(16)21(28)26-25-19;1-6-2-4-7(5-3-6)11(8,9)10/h2-10,12-13,30H,11H2,1H3,(H,26,28);2-5H,1H3,(H,8,9,10)/t23-;/m1./s1. The van der Waals surface area contributed by atoms with Crippen molar-refractivity contribution in [1.29, 1.82) is 0 Å². The van der Waals surface area contributed by atoms with Gasteiger partial charge in [0.25, 0.3) is 21.6 Å². The van der Waals surface area contributed by atoms with E-state index in [1.807, 2.05) is 37.3 Å². The fourth-order valence-corrected chi connectivity index (χ4v) is 5.16. The van der Waals surface area contributed by atoms with Gasteiger partial charge in [0.15, 0.2) is 5.60 Å². The average molecular weight is 571 g/mol. The maximum atomic E-state index is 13.0. The largest absolute Gasteiger partial charge is 0.375 e. The molecule has 3 N–H and O–H groups in total. The Balaban J connectivity index is 0.000000259. The summed E-state index contributed by atoms with van der Waals surface area (Å²) in [6.45, 7) is 3.34. The SMILES string of the molecule is C[C@]1(O)C(=O)N(c2cncc(Cc3n[nH]c(=O)c4ccccc34)c2)c2ccccc21.Cc1ccc(S(=O)(=O)O)cc1. The van der Waals surface area contributed by atoms with Crippen LogP contribution in [0.15, 0.2) is 101 Å². The zero-order valence-electron chi connectivity index (χ0n) is 22.1. The highest BCUT2D eigenvalue weighted by molar-refractivity contribution is 7.85. The summed E-state index contributed by atoms with van der Waals surface area (Å²) in [5.41, 5.74) is 2.44. The average Bonchev–Trinajstić information content (AvgIpc) is 3.15. The third-order valence-corrected chi connectivity index (χ3v) is 7.66. The summed E-state index contributed by atoms with van der Waals surface area (Å²) >= 11 is 0. The Hall–Kier alpha value is -4.71. The van der Waals surface area contributed by atoms with Gasteiger partial charge in [-0.2, -0.15) is 13.5 Å². The van der Waals surface area contributed by atoms with Gasteiger partial charge in [0, 0.05) is 23.6 Å². The summed E-state index contributed by atoms with van der Waals surface area (Å²) in [7, 11) is -4.02. The molecule has 2 aromatic heterocycles. The zero-order valence-corrected chi connectivity index (χ0v) is 23.0. The number of carbonyl (C=O) groups excluding carboxylic acids is 1. The van der Waals surface area contributed by atoms with E-state index in [-0.39, 0.29) is 10.5 Å². The predicted molar refractivity (Wildman–Crippen MR) is 154 cm³/mol. The van der Waals surface area contributed by atoms with Gasteiger partial charge in [-0.3, -0.25) is 24.0 Å². The van der Waals surface area contributed by atoms with Crippen LogP contribution < -0.4 is 10.5 Å². The number of anilines is 2. The van der Waals surface area contributed by atoms with Crippen LogP contribution in [-0.2, 0) is 26.9 Å². The van der Waals surface area contributed by atoms with Crippen LogP contribution in [0.25, 0.3) is 10.8 Å². The second kappa shape index (κ2) is 10.7. The van der Waals surface area contributed by atoms with E-state index in [0.29, 0.717) is 34.4 Å². The summed E-state index contributed by atoms with van der Waals surface area (Å²) in [6.07, 6.45) is 3.73. The fourth-order valence-electron chi connectivity index (χ4n) is 4.68. The Morgan fingerprint density at radius 1 is 0.927 bits per heavy atom. The molecule has 0 radical (unpaired) electrons. The molecule has 3 aromatic carbocycles. The molecule has 0 spiro atoms. The van der Waals surface area contributed by atoms with Crippen LogP contribution in [-0.4, -0.2) is 39.2 Å². The van der Waals surface area contributed by atoms with E-state index < -0.39 is 21.6 Å². The van der Waals surface area contributed by atoms with Crippen LogP contribution in [0.1, 0.15) is 29.3 Å². The first-order chi connectivity index (χ1) is 19.5. The van der Waals surface area contributed by atoms with Gasteiger partial charge in [-0.15, -0.1) is 0 Å². The van der Waals surface area contributed by atoms with Crippen molar-refractivity contribution in [3.63, 3.8) is 0 Å². The number of hydrogen-bond donors (Lipinski definition) is 3. The third-order valence-electron chi connectivity index (χ3n) is 6.79. The molecule has 5 aromatic rings. The predicted octanol–water partition coefficient (Wildman–Crippen LogP) is 4.04. The molecule has 10 nitrogen and oxygen atoms in total. The molecule has 3 heterocycles. The summed E-state index contributed by atoms with van der Waals surface area (Å²) in [5, 5.41) is 18.8. The number of aromatic nitrogens is 3. The molecule has 41 heavy (non-hydrogen) atoms. The Kier molecular flexibility index (Phi) is 7.26. The molecule has 0 unspecified atom stereocenters. The highest BCUT2D eigenvalue weighted by Gasteiger charge is 2.46. The molecule has 208 valence electrons. The van der Waals surface area contributed by atoms with Gasteiger partial charge in [-0.1, -0.05) is 54.1 Å². The van der Waals surface area contributed by atoms with Gasteiger partial charge >= 0.3 is 0 Å². The lowest BCUT2D eigenvalue weighted by atomic mass is 9.98. The number of aliphatic hydroxyl groups is 1. The smallest absolute Gasteiger partial charge is 0.294 e. The minimum Gasteiger partial charge on any atom is -0.375 e. The molecular formula is C30H26N4O6S. The molecule has 0 saturated carbocycles. The van der Waals surface area contributed by atoms with Crippen LogP contribution in [0.2, 0.25) is 0 Å². The number of nitrogens with zero attached hydrogens (tertiary/aromatic N) is 3. The number of benzene rings is 3. The Labute approximate surface area is 235 Å². The lowest BCUT2D eigenvalue weighted by molar-refractivity contribution is -0.133. The lowest BCUT2D eigenvalue weighted by Crippen LogP contribution is -2.35. The molecule has 1 aliphatic rings. The first-order valence-corrected chi connectivity index (χ1v) is 14.0. The quantitative estimate of drug-likeness (QED) is 0.274. The third kappa shape index (κ3) is 5.50. The number of hydrogen-bond acceptors (Lipinski definition) is 7. The molecule has 0 fully saturated rings. The van der Waals surface area contributed by atoms with Gasteiger partial charge in [0.05, 0.1) is 33.5 Å². The van der Waals surface area contributed by atoms with E-state index >= 15 is 0 Å². The monoisotopic (exact) mass is 570 g/mol. The summed E-state index contributed by atoms with van der Waals surface area (Å²) in [4.78, 5) is 30.7. The second-order valence-electron chi connectivity index (χ2n) is 9.79. The van der Waals surface area contributed by atoms with Crippen LogP contribution in [0.5, 0.6) is 0 Å². The van der Waals surface area contributed by atoms with Crippen molar-refractivity contribution in [2.75, 3.05) is 4.90 Å². The molecule has 0 bridgehead atoms. The van der Waals surface area contributed by atoms with Crippen molar-refractivity contribution in [3.05, 3.63) is 124 Å². The number of H-pyrrole nitrogens is 1. The van der Waals surface area contributed by atoms with E-state index in [2.05, 4.69) is 15.2 Å². The van der Waals surface area contributed by atoms with E-state index in [1.54, 1.807) is 48.8 Å². The summed E-state index contributed by atoms with van der Waals surface area (Å²) < 4.78 is 29.6. The Morgan fingerprint density at radius 2 is 1.59 bits per heavy atom. The maximum Gasteiger partial charge on any atom is 0.294 e. The number of carbonyl (C=O) groups is 1. The van der Waals surface area contributed by atoms with Crippen LogP contribution in [0.4, 0.5) is 11.4 Å². The number of aromatic amines is 1. The molecule has 11 heteroatoms. The van der Waals surface area contributed by atoms with Gasteiger partial charge < -0.3 is 5.11 Å². The Bertz CT molecular complexity index is 1940. The van der Waals surface area contributed by atoms with E-state index in [4.69, 9.17) is 4.55 Å². The summed E-state index contributed by atoms with van der Waals surface area (Å²) in [5.74, 6) is -0.421. The number of fused-ring (bicyclic) bond motifs is 2. The first-order valence-electron chi connectivity index (χ1n) is 12.6. The van der Waals surface area contributed by atoms with Crippen molar-refractivity contribution >= 4 is 38.2 Å². The number of nitrogens with one attached hydrogen (secondary N) is 1. The maximum absolute atomic E-state index is 13.0. The number of aryl methyl sites for hydroxylation is 1. The minimum atomic E-state index is -4.02. The topological polar surface area (TPSA) is 154 Å². The molecular weight excluding hydrogens is 544 g/mol. The second-order valence-corrected chi connectivity index (χ2v) is 11.2. The normalized spacial score (nSPS) is 16.3. The number of para-hydroxylation sites is 1. The molecule has 0 saturated heterocycles. The molecule has 1 amide bonds. The highest BCUT2D eigenvalue weighted by atomic mass is 32.2. The summed E-state index contributed by atoms with van der Waals surface area (Å²) in [6, 6.07) is 22.3. The van der Waals surface area contributed by atoms with Crippen molar-refractivity contribution in [1.82, 2.24) is 15.2 Å².